The van der Waals surface area contributed by atoms with Crippen LogP contribution in [-0.4, -0.2) is 21.8 Å². The quantitative estimate of drug-likeness (QED) is 0.663. The Morgan fingerprint density at radius 2 is 1.96 bits per heavy atom. The summed E-state index contributed by atoms with van der Waals surface area (Å²) in [6.07, 6.45) is 4.99. The van der Waals surface area contributed by atoms with Crippen LogP contribution in [0.25, 0.3) is 5.69 Å². The topological polar surface area (TPSA) is 51.0 Å². The highest BCUT2D eigenvalue weighted by atomic mass is 35.5. The lowest BCUT2D eigenvalue weighted by Gasteiger charge is -2.20. The van der Waals surface area contributed by atoms with Crippen molar-refractivity contribution in [2.75, 3.05) is 11.9 Å². The molecule has 8 heteroatoms. The summed E-state index contributed by atoms with van der Waals surface area (Å²) in [6, 6.07) is 8.59. The smallest absolute Gasteiger partial charge is 0.292 e. The first-order valence-corrected chi connectivity index (χ1v) is 8.44. The normalized spacial score (nSPS) is 10.7. The van der Waals surface area contributed by atoms with E-state index < -0.39 is 5.56 Å². The zero-order valence-corrected chi connectivity index (χ0v) is 15.4. The van der Waals surface area contributed by atoms with Crippen LogP contribution < -0.4 is 10.5 Å². The Morgan fingerprint density at radius 3 is 2.64 bits per heavy atom. The lowest BCUT2D eigenvalue weighted by Crippen LogP contribution is -2.26. The first-order valence-electron chi connectivity index (χ1n) is 7.30. The van der Waals surface area contributed by atoms with Gasteiger partial charge in [-0.2, -0.15) is 9.78 Å². The summed E-state index contributed by atoms with van der Waals surface area (Å²) in [4.78, 5) is 18.5. The molecular formula is C17H13Cl3N4O. The standard InChI is InChI=1S/C17H13Cl3N4O/c1-23(10-11-3-2-6-21-8-11)15-9-22-24(17(25)16(15)20)14-5-4-12(18)7-13(14)19/h2-9H,10H2,1H3. The molecule has 0 aliphatic carbocycles. The van der Waals surface area contributed by atoms with Gasteiger partial charge in [-0.15, -0.1) is 0 Å². The maximum Gasteiger partial charge on any atom is 0.292 e. The van der Waals surface area contributed by atoms with Gasteiger partial charge in [-0.25, -0.2) is 0 Å². The number of rotatable bonds is 4. The van der Waals surface area contributed by atoms with E-state index in [1.54, 1.807) is 30.6 Å². The molecule has 3 aromatic rings. The minimum atomic E-state index is -0.457. The molecule has 25 heavy (non-hydrogen) atoms. The number of aromatic nitrogens is 3. The largest absolute Gasteiger partial charge is 0.368 e. The fraction of sp³-hybridized carbons (Fsp3) is 0.118. The van der Waals surface area contributed by atoms with Crippen LogP contribution in [0, 0.1) is 0 Å². The maximum absolute atomic E-state index is 12.6. The summed E-state index contributed by atoms with van der Waals surface area (Å²) in [7, 11) is 1.83. The lowest BCUT2D eigenvalue weighted by molar-refractivity contribution is 0.794. The predicted octanol–water partition coefficient (Wildman–Crippen LogP) is 4.22. The van der Waals surface area contributed by atoms with Crippen molar-refractivity contribution in [3.05, 3.63) is 79.9 Å². The van der Waals surface area contributed by atoms with Crippen molar-refractivity contribution in [1.29, 1.82) is 0 Å². The molecule has 0 amide bonds. The summed E-state index contributed by atoms with van der Waals surface area (Å²) in [5, 5.41) is 5.05. The fourth-order valence-electron chi connectivity index (χ4n) is 2.37. The Hall–Kier alpha value is -2.08. The van der Waals surface area contributed by atoms with Gasteiger partial charge in [0.05, 0.1) is 22.6 Å². The highest BCUT2D eigenvalue weighted by Crippen LogP contribution is 2.25. The van der Waals surface area contributed by atoms with E-state index in [-0.39, 0.29) is 5.02 Å². The van der Waals surface area contributed by atoms with Gasteiger partial charge in [0.15, 0.2) is 0 Å². The van der Waals surface area contributed by atoms with E-state index in [0.29, 0.717) is 28.0 Å². The van der Waals surface area contributed by atoms with Gasteiger partial charge in [0.2, 0.25) is 0 Å². The number of pyridine rings is 1. The lowest BCUT2D eigenvalue weighted by atomic mass is 10.2. The van der Waals surface area contributed by atoms with Gasteiger partial charge in [-0.05, 0) is 29.8 Å². The third-order valence-electron chi connectivity index (χ3n) is 3.59. The van der Waals surface area contributed by atoms with Crippen molar-refractivity contribution >= 4 is 40.5 Å². The molecule has 3 rings (SSSR count). The number of halogens is 3. The number of hydrogen-bond acceptors (Lipinski definition) is 4. The molecule has 0 aliphatic heterocycles. The Labute approximate surface area is 159 Å². The predicted molar refractivity (Wildman–Crippen MR) is 101 cm³/mol. The molecule has 0 aliphatic rings. The number of nitrogens with zero attached hydrogens (tertiary/aromatic N) is 4. The Kier molecular flexibility index (Phi) is 5.27. The van der Waals surface area contributed by atoms with Gasteiger partial charge in [0.1, 0.15) is 5.02 Å². The minimum Gasteiger partial charge on any atom is -0.368 e. The third kappa shape index (κ3) is 3.79. The molecule has 0 fully saturated rings. The van der Waals surface area contributed by atoms with Crippen LogP contribution in [0.2, 0.25) is 15.1 Å². The second-order valence-corrected chi connectivity index (χ2v) is 6.60. The molecule has 1 aromatic carbocycles. The number of anilines is 1. The van der Waals surface area contributed by atoms with Crippen LogP contribution in [0.4, 0.5) is 5.69 Å². The monoisotopic (exact) mass is 394 g/mol. The molecule has 0 N–H and O–H groups in total. The zero-order chi connectivity index (χ0) is 18.0. The van der Waals surface area contributed by atoms with Crippen molar-refractivity contribution < 1.29 is 0 Å². The Morgan fingerprint density at radius 1 is 1.16 bits per heavy atom. The maximum atomic E-state index is 12.6. The third-order valence-corrected chi connectivity index (χ3v) is 4.49. The Balaban J connectivity index is 1.96. The summed E-state index contributed by atoms with van der Waals surface area (Å²) >= 11 is 18.3. The van der Waals surface area contributed by atoms with Crippen LogP contribution in [0.5, 0.6) is 0 Å². The second kappa shape index (κ2) is 7.44. The molecule has 0 saturated heterocycles. The molecular weight excluding hydrogens is 383 g/mol. The fourth-order valence-corrected chi connectivity index (χ4v) is 3.13. The number of benzene rings is 1. The van der Waals surface area contributed by atoms with Crippen molar-refractivity contribution in [2.24, 2.45) is 0 Å². The van der Waals surface area contributed by atoms with Crippen molar-refractivity contribution in [2.45, 2.75) is 6.54 Å². The SMILES string of the molecule is CN(Cc1cccnc1)c1cnn(-c2ccc(Cl)cc2Cl)c(=O)c1Cl. The van der Waals surface area contributed by atoms with Crippen LogP contribution >= 0.6 is 34.8 Å². The molecule has 0 unspecified atom stereocenters. The first-order chi connectivity index (χ1) is 12.0. The zero-order valence-electron chi connectivity index (χ0n) is 13.2. The molecule has 2 aromatic heterocycles. The molecule has 0 bridgehead atoms. The molecule has 0 radical (unpaired) electrons. The van der Waals surface area contributed by atoms with E-state index in [0.717, 1.165) is 10.2 Å². The summed E-state index contributed by atoms with van der Waals surface area (Å²) in [6.45, 7) is 0.542. The van der Waals surface area contributed by atoms with Crippen LogP contribution in [0.3, 0.4) is 0 Å². The van der Waals surface area contributed by atoms with E-state index in [1.165, 1.54) is 6.20 Å². The van der Waals surface area contributed by atoms with Crippen LogP contribution in [-0.2, 0) is 6.54 Å². The molecule has 2 heterocycles. The summed E-state index contributed by atoms with van der Waals surface area (Å²) in [5.41, 5.74) is 1.48. The first kappa shape index (κ1) is 17.7. The summed E-state index contributed by atoms with van der Waals surface area (Å²) < 4.78 is 1.16. The van der Waals surface area contributed by atoms with Crippen molar-refractivity contribution in [3.8, 4) is 5.69 Å². The van der Waals surface area contributed by atoms with Crippen molar-refractivity contribution in [3.63, 3.8) is 0 Å². The average Bonchev–Trinajstić information content (AvgIpc) is 2.59. The van der Waals surface area contributed by atoms with E-state index in [4.69, 9.17) is 34.8 Å². The number of hydrogen-bond donors (Lipinski definition) is 0. The van der Waals surface area contributed by atoms with Crippen molar-refractivity contribution in [1.82, 2.24) is 14.8 Å². The van der Waals surface area contributed by atoms with Gasteiger partial charge in [0.25, 0.3) is 5.56 Å². The van der Waals surface area contributed by atoms with Gasteiger partial charge in [-0.3, -0.25) is 9.78 Å². The minimum absolute atomic E-state index is 0.0624. The van der Waals surface area contributed by atoms with E-state index in [2.05, 4.69) is 10.1 Å². The molecule has 128 valence electrons. The van der Waals surface area contributed by atoms with Gasteiger partial charge < -0.3 is 4.90 Å². The van der Waals surface area contributed by atoms with Crippen LogP contribution in [0.15, 0.2) is 53.7 Å². The molecule has 5 nitrogen and oxygen atoms in total. The van der Waals surface area contributed by atoms with Gasteiger partial charge in [0, 0.05) is 31.0 Å². The van der Waals surface area contributed by atoms with Crippen LogP contribution in [0.1, 0.15) is 5.56 Å². The van der Waals surface area contributed by atoms with Gasteiger partial charge >= 0.3 is 0 Å². The molecule has 0 atom stereocenters. The van der Waals surface area contributed by atoms with E-state index in [9.17, 15) is 4.79 Å². The summed E-state index contributed by atoms with van der Waals surface area (Å²) in [5.74, 6) is 0. The second-order valence-electron chi connectivity index (χ2n) is 5.37. The highest BCUT2D eigenvalue weighted by molar-refractivity contribution is 6.36. The van der Waals surface area contributed by atoms with E-state index >= 15 is 0 Å². The van der Waals surface area contributed by atoms with Gasteiger partial charge in [-0.1, -0.05) is 40.9 Å². The molecule has 0 saturated carbocycles. The average molecular weight is 396 g/mol. The Bertz CT molecular complexity index is 960. The molecule has 0 spiro atoms. The highest BCUT2D eigenvalue weighted by Gasteiger charge is 2.15. The van der Waals surface area contributed by atoms with E-state index in [1.807, 2.05) is 24.1 Å².